The fourth-order valence-electron chi connectivity index (χ4n) is 1.21. The van der Waals surface area contributed by atoms with Gasteiger partial charge in [-0.1, -0.05) is 0 Å². The maximum Gasteiger partial charge on any atom is 0.336 e. The fraction of sp³-hybridized carbons (Fsp3) is 0.714. The Labute approximate surface area is 76.2 Å². The Hall–Kier alpha value is -0.550. The Morgan fingerprint density at radius 3 is 2.42 bits per heavy atom. The van der Waals surface area contributed by atoms with Crippen molar-refractivity contribution < 1.29 is 13.5 Å². The summed E-state index contributed by atoms with van der Waals surface area (Å²) < 4.78 is 2.95. The second kappa shape index (κ2) is 3.45. The van der Waals surface area contributed by atoms with Crippen molar-refractivity contribution in [2.45, 2.75) is 20.3 Å². The lowest BCUT2D eigenvalue weighted by molar-refractivity contribution is -0.713. The predicted molar refractivity (Wildman–Crippen MR) is 46.7 cm³/mol. The van der Waals surface area contributed by atoms with Gasteiger partial charge >= 0.3 is 5.91 Å². The molecule has 0 unspecified atom stereocenters. The van der Waals surface area contributed by atoms with E-state index < -0.39 is 0 Å². The van der Waals surface area contributed by atoms with E-state index in [0.29, 0.717) is 3.89 Å². The summed E-state index contributed by atoms with van der Waals surface area (Å²) in [7, 11) is 0. The van der Waals surface area contributed by atoms with Gasteiger partial charge in [-0.05, 0) is 13.8 Å². The molecular weight excluding hydrogens is 176 g/mol. The largest absolute Gasteiger partial charge is 0.336 e. The highest BCUT2D eigenvalue weighted by molar-refractivity contribution is 7.92. The van der Waals surface area contributed by atoms with E-state index in [1.807, 2.05) is 13.8 Å². The molecule has 12 heavy (non-hydrogen) atoms. The first-order valence-electron chi connectivity index (χ1n) is 4.02. The average Bonchev–Trinajstić information content (AvgIpc) is 2.06. The summed E-state index contributed by atoms with van der Waals surface area (Å²) in [5, 5.41) is 0. The molecule has 1 aliphatic rings. The van der Waals surface area contributed by atoms with E-state index in [9.17, 15) is 9.59 Å². The topological polar surface area (TPSA) is 46.2 Å². The van der Waals surface area contributed by atoms with Gasteiger partial charge in [-0.15, -0.1) is 0 Å². The highest BCUT2D eigenvalue weighted by atomic mass is 32.2. The second-order valence-corrected chi connectivity index (χ2v) is 3.79. The van der Waals surface area contributed by atoms with Crippen LogP contribution in [0.15, 0.2) is 0 Å². The number of nitrogens with zero attached hydrogens (tertiary/aromatic N) is 1. The van der Waals surface area contributed by atoms with Gasteiger partial charge in [0.15, 0.2) is 0 Å². The van der Waals surface area contributed by atoms with Gasteiger partial charge in [0.05, 0.1) is 13.1 Å². The molecular formula is C7H13N2O2S+. The molecule has 0 atom stereocenters. The fourth-order valence-corrected chi connectivity index (χ4v) is 1.99. The van der Waals surface area contributed by atoms with Gasteiger partial charge in [0.25, 0.3) is 0 Å². The van der Waals surface area contributed by atoms with E-state index in [1.165, 1.54) is 12.1 Å². The zero-order valence-corrected chi connectivity index (χ0v) is 8.11. The third kappa shape index (κ3) is 1.47. The molecule has 2 amide bonds. The molecule has 0 aromatic carbocycles. The van der Waals surface area contributed by atoms with Crippen molar-refractivity contribution in [1.29, 1.82) is 0 Å². The van der Waals surface area contributed by atoms with Gasteiger partial charge in [0.2, 0.25) is 18.0 Å². The first-order chi connectivity index (χ1) is 5.64. The normalized spacial score (nSPS) is 22.2. The Bertz CT molecular complexity index is 213. The summed E-state index contributed by atoms with van der Waals surface area (Å²) in [6, 6.07) is 0. The molecule has 1 aliphatic heterocycles. The number of carbonyl (C=O) groups is 2. The smallest absolute Gasteiger partial charge is 0.273 e. The van der Waals surface area contributed by atoms with Crippen LogP contribution in [0.1, 0.15) is 20.3 Å². The monoisotopic (exact) mass is 189 g/mol. The summed E-state index contributed by atoms with van der Waals surface area (Å²) in [4.78, 5) is 22.3. The molecule has 0 spiro atoms. The van der Waals surface area contributed by atoms with Crippen LogP contribution in [0.2, 0.25) is 0 Å². The number of hydrogen-bond acceptors (Lipinski definition) is 3. The van der Waals surface area contributed by atoms with E-state index in [4.69, 9.17) is 0 Å². The molecule has 0 radical (unpaired) electrons. The van der Waals surface area contributed by atoms with Crippen LogP contribution in [0.4, 0.5) is 0 Å². The predicted octanol–water partition coefficient (Wildman–Crippen LogP) is 0.453. The van der Waals surface area contributed by atoms with Crippen LogP contribution in [0.5, 0.6) is 0 Å². The summed E-state index contributed by atoms with van der Waals surface area (Å²) in [5.41, 5.74) is 0. The van der Waals surface area contributed by atoms with Crippen LogP contribution < -0.4 is 4.72 Å². The van der Waals surface area contributed by atoms with Crippen molar-refractivity contribution in [3.63, 3.8) is 0 Å². The lowest BCUT2D eigenvalue weighted by Crippen LogP contribution is -2.53. The van der Waals surface area contributed by atoms with E-state index in [-0.39, 0.29) is 18.2 Å². The minimum absolute atomic E-state index is 0.00810. The van der Waals surface area contributed by atoms with Gasteiger partial charge in [0, 0.05) is 0 Å². The van der Waals surface area contributed by atoms with Crippen molar-refractivity contribution in [3.8, 4) is 0 Å². The number of hydrogen-bond donors (Lipinski definition) is 1. The highest BCUT2D eigenvalue weighted by Crippen LogP contribution is 2.25. The Morgan fingerprint density at radius 2 is 2.00 bits per heavy atom. The summed E-state index contributed by atoms with van der Waals surface area (Å²) >= 11 is 1.22. The molecule has 0 bridgehead atoms. The Balaban J connectivity index is 2.77. The molecule has 0 aromatic heterocycles. The van der Waals surface area contributed by atoms with Crippen molar-refractivity contribution in [1.82, 2.24) is 4.72 Å². The van der Waals surface area contributed by atoms with Gasteiger partial charge in [-0.3, -0.25) is 4.79 Å². The minimum atomic E-state index is -0.180. The molecule has 0 aliphatic carbocycles. The van der Waals surface area contributed by atoms with Crippen LogP contribution in [0.3, 0.4) is 0 Å². The van der Waals surface area contributed by atoms with Gasteiger partial charge in [-0.2, -0.15) is 3.89 Å². The minimum Gasteiger partial charge on any atom is -0.273 e. The van der Waals surface area contributed by atoms with Gasteiger partial charge in [-0.25, -0.2) is 9.52 Å². The van der Waals surface area contributed by atoms with Crippen LogP contribution in [0, 0.1) is 0 Å². The van der Waals surface area contributed by atoms with E-state index >= 15 is 0 Å². The number of rotatable bonds is 2. The molecule has 1 saturated heterocycles. The summed E-state index contributed by atoms with van der Waals surface area (Å²) in [6.45, 7) is 5.35. The van der Waals surface area contributed by atoms with Crippen molar-refractivity contribution in [2.24, 2.45) is 0 Å². The molecule has 5 heteroatoms. The van der Waals surface area contributed by atoms with E-state index in [0.717, 1.165) is 13.1 Å². The SMILES string of the molecule is CC[N+]1(CC)SNC(=O)CC1=O. The molecule has 4 nitrogen and oxygen atoms in total. The first kappa shape index (κ1) is 9.54. The number of amides is 2. The third-order valence-electron chi connectivity index (χ3n) is 2.12. The number of carbonyl (C=O) groups excluding carboxylic acids is 2. The zero-order chi connectivity index (χ0) is 9.19. The van der Waals surface area contributed by atoms with Crippen LogP contribution in [0.25, 0.3) is 0 Å². The van der Waals surface area contributed by atoms with Crippen molar-refractivity contribution >= 4 is 23.9 Å². The maximum absolute atomic E-state index is 11.5. The van der Waals surface area contributed by atoms with E-state index in [2.05, 4.69) is 4.72 Å². The molecule has 1 fully saturated rings. The molecule has 0 saturated carbocycles. The zero-order valence-electron chi connectivity index (χ0n) is 7.29. The first-order valence-corrected chi connectivity index (χ1v) is 4.80. The molecule has 1 heterocycles. The van der Waals surface area contributed by atoms with Crippen LogP contribution in [-0.2, 0) is 9.59 Å². The average molecular weight is 189 g/mol. The highest BCUT2D eigenvalue weighted by Gasteiger charge is 2.41. The Morgan fingerprint density at radius 1 is 1.42 bits per heavy atom. The molecule has 1 N–H and O–H groups in total. The van der Waals surface area contributed by atoms with Crippen LogP contribution >= 0.6 is 12.1 Å². The molecule has 68 valence electrons. The number of quaternary nitrogens is 1. The lowest BCUT2D eigenvalue weighted by Gasteiger charge is -2.32. The third-order valence-corrected chi connectivity index (χ3v) is 3.51. The van der Waals surface area contributed by atoms with Crippen LogP contribution in [-0.4, -0.2) is 28.8 Å². The summed E-state index contributed by atoms with van der Waals surface area (Å²) in [6.07, 6.45) is 0.0225. The maximum atomic E-state index is 11.5. The quantitative estimate of drug-likeness (QED) is 0.390. The van der Waals surface area contributed by atoms with Crippen molar-refractivity contribution in [2.75, 3.05) is 13.1 Å². The molecule has 1 rings (SSSR count). The Kier molecular flexibility index (Phi) is 2.74. The van der Waals surface area contributed by atoms with Gasteiger partial charge < -0.3 is 0 Å². The summed E-state index contributed by atoms with van der Waals surface area (Å²) in [5.74, 6) is -0.172. The number of nitrogens with one attached hydrogen (secondary N) is 1. The molecule has 0 aromatic rings. The van der Waals surface area contributed by atoms with E-state index in [1.54, 1.807) is 0 Å². The lowest BCUT2D eigenvalue weighted by atomic mass is 10.3. The second-order valence-electron chi connectivity index (χ2n) is 2.71. The standard InChI is InChI=1S/C7H12N2O2S/c1-3-9(4-2)7(11)5-6(10)8-12-9/h3-5H2,1-2H3/p+1. The van der Waals surface area contributed by atoms with Crippen molar-refractivity contribution in [3.05, 3.63) is 0 Å². The van der Waals surface area contributed by atoms with Gasteiger partial charge in [0.1, 0.15) is 6.42 Å².